The second-order valence-corrected chi connectivity index (χ2v) is 7.78. The number of likely N-dealkylation sites (tertiary alicyclic amines) is 1. The zero-order valence-electron chi connectivity index (χ0n) is 19.5. The van der Waals surface area contributed by atoms with E-state index >= 15 is 0 Å². The van der Waals surface area contributed by atoms with E-state index in [4.69, 9.17) is 14.5 Å². The molecule has 1 fully saturated rings. The molecule has 0 spiro atoms. The van der Waals surface area contributed by atoms with Gasteiger partial charge in [0.1, 0.15) is 5.75 Å². The number of hydrogen-bond acceptors (Lipinski definition) is 4. The second kappa shape index (κ2) is 14.3. The van der Waals surface area contributed by atoms with Crippen molar-refractivity contribution in [3.8, 4) is 5.75 Å². The molecule has 3 rings (SSSR count). The summed E-state index contributed by atoms with van der Waals surface area (Å²) in [4.78, 5) is 7.39. The molecule has 0 aliphatic carbocycles. The van der Waals surface area contributed by atoms with Gasteiger partial charge in [0.2, 0.25) is 0 Å². The van der Waals surface area contributed by atoms with Crippen LogP contribution in [0.3, 0.4) is 0 Å². The van der Waals surface area contributed by atoms with Gasteiger partial charge >= 0.3 is 0 Å². The van der Waals surface area contributed by atoms with Crippen molar-refractivity contribution in [2.24, 2.45) is 4.99 Å². The summed E-state index contributed by atoms with van der Waals surface area (Å²) in [7, 11) is 3.47. The van der Waals surface area contributed by atoms with Gasteiger partial charge < -0.3 is 20.1 Å². The van der Waals surface area contributed by atoms with E-state index in [1.807, 2.05) is 18.2 Å². The molecule has 1 atom stereocenters. The molecule has 1 saturated heterocycles. The third-order valence-electron chi connectivity index (χ3n) is 5.71. The number of halogens is 1. The first kappa shape index (κ1) is 26.4. The molecule has 1 heterocycles. The van der Waals surface area contributed by atoms with Crippen LogP contribution in [-0.4, -0.2) is 51.3 Å². The Hall–Kier alpha value is -1.84. The van der Waals surface area contributed by atoms with E-state index in [0.717, 1.165) is 37.9 Å². The van der Waals surface area contributed by atoms with Crippen LogP contribution in [0.25, 0.3) is 0 Å². The monoisotopic (exact) mass is 552 g/mol. The predicted octanol–water partition coefficient (Wildman–Crippen LogP) is 4.35. The van der Waals surface area contributed by atoms with Gasteiger partial charge in [-0.2, -0.15) is 0 Å². The molecule has 7 heteroatoms. The van der Waals surface area contributed by atoms with Crippen molar-refractivity contribution in [2.45, 2.75) is 39.0 Å². The Morgan fingerprint density at radius 3 is 2.38 bits per heavy atom. The number of hydrogen-bond donors (Lipinski definition) is 2. The molecule has 6 nitrogen and oxygen atoms in total. The largest absolute Gasteiger partial charge is 0.496 e. The lowest BCUT2D eigenvalue weighted by molar-refractivity contribution is 0.184. The van der Waals surface area contributed by atoms with Crippen molar-refractivity contribution < 1.29 is 9.47 Å². The summed E-state index contributed by atoms with van der Waals surface area (Å²) in [5.74, 6) is 1.77. The second-order valence-electron chi connectivity index (χ2n) is 7.78. The van der Waals surface area contributed by atoms with E-state index in [-0.39, 0.29) is 30.0 Å². The molecule has 0 amide bonds. The number of benzene rings is 2. The summed E-state index contributed by atoms with van der Waals surface area (Å²) < 4.78 is 11.0. The van der Waals surface area contributed by atoms with E-state index in [2.05, 4.69) is 52.8 Å². The first-order valence-corrected chi connectivity index (χ1v) is 11.2. The van der Waals surface area contributed by atoms with Crippen LogP contribution in [0.5, 0.6) is 5.75 Å². The van der Waals surface area contributed by atoms with Crippen molar-refractivity contribution >= 4 is 29.9 Å². The van der Waals surface area contributed by atoms with Gasteiger partial charge in [-0.3, -0.25) is 4.90 Å². The quantitative estimate of drug-likeness (QED) is 0.261. The number of para-hydroxylation sites is 1. The Morgan fingerprint density at radius 2 is 1.69 bits per heavy atom. The zero-order chi connectivity index (χ0) is 21.9. The lowest BCUT2D eigenvalue weighted by Gasteiger charge is -2.30. The predicted molar refractivity (Wildman–Crippen MR) is 142 cm³/mol. The SMILES string of the molecule is CCNC(=NCc1ccccc1COC)NCC(c1ccccc1OC)N1CCCC1.I. The minimum absolute atomic E-state index is 0. The van der Waals surface area contributed by atoms with Gasteiger partial charge in [-0.15, -0.1) is 24.0 Å². The van der Waals surface area contributed by atoms with E-state index in [1.165, 1.54) is 29.5 Å². The number of methoxy groups -OCH3 is 2. The average Bonchev–Trinajstić information content (AvgIpc) is 3.33. The van der Waals surface area contributed by atoms with Crippen molar-refractivity contribution in [1.82, 2.24) is 15.5 Å². The van der Waals surface area contributed by atoms with Crippen molar-refractivity contribution in [3.05, 3.63) is 65.2 Å². The smallest absolute Gasteiger partial charge is 0.191 e. The van der Waals surface area contributed by atoms with Gasteiger partial charge in [-0.05, 0) is 50.0 Å². The van der Waals surface area contributed by atoms with Gasteiger partial charge in [0.15, 0.2) is 5.96 Å². The number of rotatable bonds is 10. The standard InChI is InChI=1S/C25H36N4O2.HI/c1-4-26-25(27-17-20-11-5-6-12-21(20)19-30-2)28-18-23(29-15-9-10-16-29)22-13-7-8-14-24(22)31-3;/h5-8,11-14,23H,4,9-10,15-19H2,1-3H3,(H2,26,27,28);1H. The fraction of sp³-hybridized carbons (Fsp3) is 0.480. The molecule has 0 radical (unpaired) electrons. The van der Waals surface area contributed by atoms with E-state index in [0.29, 0.717) is 13.2 Å². The average molecular weight is 553 g/mol. The summed E-state index contributed by atoms with van der Waals surface area (Å²) in [5, 5.41) is 6.97. The van der Waals surface area contributed by atoms with Crippen molar-refractivity contribution in [3.63, 3.8) is 0 Å². The number of nitrogens with one attached hydrogen (secondary N) is 2. The molecule has 0 saturated carbocycles. The third-order valence-corrected chi connectivity index (χ3v) is 5.71. The third kappa shape index (κ3) is 7.35. The molecular formula is C25H37IN4O2. The van der Waals surface area contributed by atoms with Crippen LogP contribution in [0.2, 0.25) is 0 Å². The first-order valence-electron chi connectivity index (χ1n) is 11.2. The molecule has 2 aromatic carbocycles. The molecule has 1 aliphatic rings. The highest BCUT2D eigenvalue weighted by molar-refractivity contribution is 14.0. The minimum Gasteiger partial charge on any atom is -0.496 e. The van der Waals surface area contributed by atoms with E-state index in [9.17, 15) is 0 Å². The molecule has 176 valence electrons. The Bertz CT molecular complexity index is 840. The fourth-order valence-electron chi connectivity index (χ4n) is 4.14. The van der Waals surface area contributed by atoms with E-state index < -0.39 is 0 Å². The van der Waals surface area contributed by atoms with Crippen molar-refractivity contribution in [2.75, 3.05) is 40.4 Å². The zero-order valence-corrected chi connectivity index (χ0v) is 21.8. The number of aliphatic imine (C=N–C) groups is 1. The Balaban J connectivity index is 0.00000363. The van der Waals surface area contributed by atoms with Crippen LogP contribution >= 0.6 is 24.0 Å². The van der Waals surface area contributed by atoms with Crippen LogP contribution in [0.1, 0.15) is 42.5 Å². The lowest BCUT2D eigenvalue weighted by atomic mass is 10.0. The molecule has 2 N–H and O–H groups in total. The molecule has 2 aromatic rings. The Morgan fingerprint density at radius 1 is 1.00 bits per heavy atom. The number of ether oxygens (including phenoxy) is 2. The molecule has 0 aromatic heterocycles. The highest BCUT2D eigenvalue weighted by Gasteiger charge is 2.26. The Labute approximate surface area is 209 Å². The molecular weight excluding hydrogens is 515 g/mol. The number of guanidine groups is 1. The van der Waals surface area contributed by atoms with Gasteiger partial charge in [0.25, 0.3) is 0 Å². The maximum absolute atomic E-state index is 5.67. The molecule has 1 aliphatic heterocycles. The molecule has 32 heavy (non-hydrogen) atoms. The summed E-state index contributed by atoms with van der Waals surface area (Å²) in [6.45, 7) is 7.11. The normalized spacial score (nSPS) is 15.2. The van der Waals surface area contributed by atoms with Gasteiger partial charge in [-0.1, -0.05) is 42.5 Å². The summed E-state index contributed by atoms with van der Waals surface area (Å²) >= 11 is 0. The topological polar surface area (TPSA) is 58.1 Å². The fourth-order valence-corrected chi connectivity index (χ4v) is 4.14. The van der Waals surface area contributed by atoms with Crippen LogP contribution in [-0.2, 0) is 17.9 Å². The van der Waals surface area contributed by atoms with Crippen LogP contribution in [0.15, 0.2) is 53.5 Å². The highest BCUT2D eigenvalue weighted by Crippen LogP contribution is 2.31. The first-order chi connectivity index (χ1) is 15.3. The molecule has 1 unspecified atom stereocenters. The van der Waals surface area contributed by atoms with Gasteiger partial charge in [0, 0.05) is 25.8 Å². The van der Waals surface area contributed by atoms with Crippen LogP contribution in [0, 0.1) is 0 Å². The van der Waals surface area contributed by atoms with Crippen LogP contribution in [0.4, 0.5) is 0 Å². The van der Waals surface area contributed by atoms with E-state index in [1.54, 1.807) is 14.2 Å². The molecule has 0 bridgehead atoms. The maximum Gasteiger partial charge on any atom is 0.191 e. The summed E-state index contributed by atoms with van der Waals surface area (Å²) in [6, 6.07) is 16.9. The van der Waals surface area contributed by atoms with Crippen molar-refractivity contribution in [1.29, 1.82) is 0 Å². The minimum atomic E-state index is 0. The highest BCUT2D eigenvalue weighted by atomic mass is 127. The van der Waals surface area contributed by atoms with Crippen LogP contribution < -0.4 is 15.4 Å². The van der Waals surface area contributed by atoms with Gasteiger partial charge in [-0.25, -0.2) is 4.99 Å². The number of nitrogens with zero attached hydrogens (tertiary/aromatic N) is 2. The Kier molecular flexibility index (Phi) is 11.8. The summed E-state index contributed by atoms with van der Waals surface area (Å²) in [5.41, 5.74) is 3.58. The maximum atomic E-state index is 5.67. The van der Waals surface area contributed by atoms with Gasteiger partial charge in [0.05, 0.1) is 26.3 Å². The summed E-state index contributed by atoms with van der Waals surface area (Å²) in [6.07, 6.45) is 2.49. The lowest BCUT2D eigenvalue weighted by Crippen LogP contribution is -2.42.